The van der Waals surface area contributed by atoms with Gasteiger partial charge in [-0.05, 0) is 6.42 Å². The van der Waals surface area contributed by atoms with E-state index in [0.29, 0.717) is 6.61 Å². The van der Waals surface area contributed by atoms with Gasteiger partial charge in [0.1, 0.15) is 0 Å². The summed E-state index contributed by atoms with van der Waals surface area (Å²) >= 11 is 0. The van der Waals surface area contributed by atoms with E-state index in [1.165, 1.54) is 0 Å². The van der Waals surface area contributed by atoms with Crippen LogP contribution in [0.25, 0.3) is 0 Å². The van der Waals surface area contributed by atoms with E-state index in [1.54, 1.807) is 0 Å². The van der Waals surface area contributed by atoms with Crippen molar-refractivity contribution < 1.29 is 9.53 Å². The van der Waals surface area contributed by atoms with Crippen LogP contribution in [-0.2, 0) is 9.53 Å². The molecule has 1 fully saturated rings. The van der Waals surface area contributed by atoms with Gasteiger partial charge in [0.05, 0.1) is 12.5 Å². The van der Waals surface area contributed by atoms with Crippen LogP contribution >= 0.6 is 0 Å². The number of carbonyl (C=O) groups excluding carboxylic acids is 1. The molecule has 0 saturated carbocycles. The summed E-state index contributed by atoms with van der Waals surface area (Å²) < 4.78 is 4.63. The number of rotatable bonds is 0. The Balaban J connectivity index is 0.000000490. The molecule has 0 amide bonds. The van der Waals surface area contributed by atoms with E-state index in [-0.39, 0.29) is 19.3 Å². The lowest BCUT2D eigenvalue weighted by molar-refractivity contribution is -0.140. The van der Waals surface area contributed by atoms with Gasteiger partial charge in [0, 0.05) is 0 Å². The molecule has 0 aromatic heterocycles. The highest BCUT2D eigenvalue weighted by Gasteiger charge is 2.20. The molecule has 1 atom stereocenters. The Kier molecular flexibility index (Phi) is 2.52. The summed E-state index contributed by atoms with van der Waals surface area (Å²) in [5, 5.41) is 0. The van der Waals surface area contributed by atoms with Crippen molar-refractivity contribution in [3.8, 4) is 0 Å². The van der Waals surface area contributed by atoms with Crippen LogP contribution in [0.3, 0.4) is 0 Å². The van der Waals surface area contributed by atoms with E-state index >= 15 is 0 Å². The zero-order valence-corrected chi connectivity index (χ0v) is 4.31. The van der Waals surface area contributed by atoms with E-state index < -0.39 is 0 Å². The fourth-order valence-electron chi connectivity index (χ4n) is 0.596. The van der Waals surface area contributed by atoms with Gasteiger partial charge in [-0.2, -0.15) is 0 Å². The molecule has 0 aromatic carbocycles. The van der Waals surface area contributed by atoms with Gasteiger partial charge in [0.25, 0.3) is 0 Å². The highest BCUT2D eigenvalue weighted by Crippen LogP contribution is 2.11. The molecule has 2 heteroatoms. The summed E-state index contributed by atoms with van der Waals surface area (Å²) in [7, 11) is 0. The fraction of sp³-hybridized carbons (Fsp3) is 0.833. The van der Waals surface area contributed by atoms with E-state index in [9.17, 15) is 4.79 Å². The molecule has 0 aliphatic carbocycles. The van der Waals surface area contributed by atoms with Gasteiger partial charge in [-0.3, -0.25) is 4.79 Å². The van der Waals surface area contributed by atoms with Gasteiger partial charge in [0.15, 0.2) is 0 Å². The molecule has 0 aromatic rings. The van der Waals surface area contributed by atoms with Crippen LogP contribution < -0.4 is 0 Å². The fourth-order valence-corrected chi connectivity index (χ4v) is 0.596. The highest BCUT2D eigenvalue weighted by molar-refractivity contribution is 5.73. The maximum absolute atomic E-state index is 10.4. The smallest absolute Gasteiger partial charge is 0.308 e. The van der Waals surface area contributed by atoms with E-state index in [1.807, 2.05) is 6.92 Å². The van der Waals surface area contributed by atoms with Crippen molar-refractivity contribution >= 4 is 5.97 Å². The third-order valence-corrected chi connectivity index (χ3v) is 1.20. The molecule has 2 nitrogen and oxygen atoms in total. The van der Waals surface area contributed by atoms with Crippen LogP contribution in [0.5, 0.6) is 0 Å². The van der Waals surface area contributed by atoms with Crippen molar-refractivity contribution in [2.24, 2.45) is 5.92 Å². The first-order valence-corrected chi connectivity index (χ1v) is 2.47. The van der Waals surface area contributed by atoms with Gasteiger partial charge >= 0.3 is 5.97 Å². The summed E-state index contributed by atoms with van der Waals surface area (Å²) in [6, 6.07) is 0. The molecular weight excluding hydrogens is 104 g/mol. The predicted molar refractivity (Wildman–Crippen MR) is 31.5 cm³/mol. The maximum atomic E-state index is 10.4. The molecular formula is C6H12O2. The topological polar surface area (TPSA) is 26.3 Å². The molecule has 0 spiro atoms. The summed E-state index contributed by atoms with van der Waals surface area (Å²) in [6.07, 6.45) is 0.902. The van der Waals surface area contributed by atoms with Crippen LogP contribution in [0.15, 0.2) is 0 Å². The Morgan fingerprint density at radius 1 is 1.75 bits per heavy atom. The largest absolute Gasteiger partial charge is 0.465 e. The minimum absolute atomic E-state index is 0. The lowest BCUT2D eigenvalue weighted by Crippen LogP contribution is -2.00. The molecule has 1 heterocycles. The van der Waals surface area contributed by atoms with E-state index in [4.69, 9.17) is 0 Å². The first-order chi connectivity index (χ1) is 3.30. The van der Waals surface area contributed by atoms with Gasteiger partial charge < -0.3 is 4.74 Å². The molecule has 1 aliphatic heterocycles. The van der Waals surface area contributed by atoms with Crippen molar-refractivity contribution in [2.45, 2.75) is 20.8 Å². The Labute approximate surface area is 49.8 Å². The van der Waals surface area contributed by atoms with Crippen LogP contribution in [-0.4, -0.2) is 12.6 Å². The second kappa shape index (κ2) is 2.70. The average molecular weight is 116 g/mol. The molecule has 1 saturated heterocycles. The number of hydrogen-bond donors (Lipinski definition) is 0. The van der Waals surface area contributed by atoms with Crippen molar-refractivity contribution in [1.82, 2.24) is 0 Å². The summed E-state index contributed by atoms with van der Waals surface area (Å²) in [5.74, 6) is 0.111. The summed E-state index contributed by atoms with van der Waals surface area (Å²) in [6.45, 7) is 2.51. The minimum Gasteiger partial charge on any atom is -0.465 e. The molecule has 1 unspecified atom stereocenters. The van der Waals surface area contributed by atoms with Crippen LogP contribution in [0.4, 0.5) is 0 Å². The van der Waals surface area contributed by atoms with Crippen molar-refractivity contribution in [3.63, 3.8) is 0 Å². The van der Waals surface area contributed by atoms with Gasteiger partial charge in [-0.1, -0.05) is 14.4 Å². The van der Waals surface area contributed by atoms with Crippen LogP contribution in [0, 0.1) is 5.92 Å². The second-order valence-corrected chi connectivity index (χ2v) is 1.86. The summed E-state index contributed by atoms with van der Waals surface area (Å²) in [5.41, 5.74) is 0. The van der Waals surface area contributed by atoms with Gasteiger partial charge in [0.2, 0.25) is 0 Å². The molecule has 1 rings (SSSR count). The Hall–Kier alpha value is -0.530. The quantitative estimate of drug-likeness (QED) is 0.444. The number of ether oxygens (including phenoxy) is 1. The van der Waals surface area contributed by atoms with Crippen molar-refractivity contribution in [1.29, 1.82) is 0 Å². The number of hydrogen-bond acceptors (Lipinski definition) is 2. The molecule has 8 heavy (non-hydrogen) atoms. The Morgan fingerprint density at radius 2 is 2.38 bits per heavy atom. The Bertz CT molecular complexity index is 88.5. The summed E-state index contributed by atoms with van der Waals surface area (Å²) in [4.78, 5) is 10.4. The standard InChI is InChI=1S/C5H8O2.CH4/c1-4-2-3-7-5(4)6;/h4H,2-3H2,1H3;1H4. The van der Waals surface area contributed by atoms with Crippen molar-refractivity contribution in [3.05, 3.63) is 0 Å². The third kappa shape index (κ3) is 1.22. The van der Waals surface area contributed by atoms with Crippen LogP contribution in [0.2, 0.25) is 0 Å². The van der Waals surface area contributed by atoms with Gasteiger partial charge in [-0.15, -0.1) is 0 Å². The lowest BCUT2D eigenvalue weighted by Gasteiger charge is -1.88. The first kappa shape index (κ1) is 7.47. The molecule has 0 N–H and O–H groups in total. The monoisotopic (exact) mass is 116 g/mol. The highest BCUT2D eigenvalue weighted by atomic mass is 16.5. The minimum atomic E-state index is -0.0417. The zero-order valence-electron chi connectivity index (χ0n) is 4.31. The normalized spacial score (nSPS) is 26.6. The van der Waals surface area contributed by atoms with Crippen molar-refractivity contribution in [2.75, 3.05) is 6.61 Å². The maximum Gasteiger partial charge on any atom is 0.308 e. The van der Waals surface area contributed by atoms with E-state index in [2.05, 4.69) is 4.74 Å². The zero-order chi connectivity index (χ0) is 5.28. The Morgan fingerprint density at radius 3 is 2.50 bits per heavy atom. The van der Waals surface area contributed by atoms with Crippen LogP contribution in [0.1, 0.15) is 20.8 Å². The predicted octanol–water partition coefficient (Wildman–Crippen LogP) is 1.21. The number of cyclic esters (lactones) is 1. The average Bonchev–Trinajstić information content (AvgIpc) is 1.91. The van der Waals surface area contributed by atoms with E-state index in [0.717, 1.165) is 6.42 Å². The molecule has 0 radical (unpaired) electrons. The van der Waals surface area contributed by atoms with Gasteiger partial charge in [-0.25, -0.2) is 0 Å². The molecule has 48 valence electrons. The second-order valence-electron chi connectivity index (χ2n) is 1.86. The molecule has 1 aliphatic rings. The SMILES string of the molecule is C.CC1CCOC1=O. The number of carbonyl (C=O) groups is 1. The third-order valence-electron chi connectivity index (χ3n) is 1.20. The number of esters is 1. The molecule has 0 bridgehead atoms. The first-order valence-electron chi connectivity index (χ1n) is 2.47. The lowest BCUT2D eigenvalue weighted by atomic mass is 10.2.